The first-order chi connectivity index (χ1) is 8.69. The van der Waals surface area contributed by atoms with Crippen LogP contribution in [0.3, 0.4) is 0 Å². The maximum absolute atomic E-state index is 13.6. The highest BCUT2D eigenvalue weighted by molar-refractivity contribution is 5.67. The molecule has 0 aliphatic heterocycles. The van der Waals surface area contributed by atoms with Gasteiger partial charge in [-0.25, -0.2) is 9.18 Å². The number of halogens is 1. The summed E-state index contributed by atoms with van der Waals surface area (Å²) in [5.74, 6) is 0.00124. The summed E-state index contributed by atoms with van der Waals surface area (Å²) in [6, 6.07) is 4.97. The van der Waals surface area contributed by atoms with Crippen molar-refractivity contribution >= 4 is 6.09 Å². The second kappa shape index (κ2) is 6.04. The minimum absolute atomic E-state index is 0.126. The Labute approximate surface area is 114 Å². The number of nitrogens with one attached hydrogen (secondary N) is 1. The third kappa shape index (κ3) is 5.28. The van der Waals surface area contributed by atoms with Crippen LogP contribution in [0, 0.1) is 5.82 Å². The van der Waals surface area contributed by atoms with Crippen molar-refractivity contribution in [2.75, 3.05) is 0 Å². The van der Waals surface area contributed by atoms with Gasteiger partial charge in [0.2, 0.25) is 0 Å². The van der Waals surface area contributed by atoms with Crippen molar-refractivity contribution in [2.45, 2.75) is 52.7 Å². The first-order valence-electron chi connectivity index (χ1n) is 6.44. The van der Waals surface area contributed by atoms with Gasteiger partial charge in [0.05, 0.1) is 0 Å². The molecule has 106 valence electrons. The zero-order chi connectivity index (χ0) is 14.6. The third-order valence-corrected chi connectivity index (χ3v) is 2.56. The smallest absolute Gasteiger partial charge is 0.407 e. The fourth-order valence-corrected chi connectivity index (χ4v) is 1.57. The summed E-state index contributed by atoms with van der Waals surface area (Å²) in [5.41, 5.74) is 0.960. The van der Waals surface area contributed by atoms with E-state index < -0.39 is 11.7 Å². The summed E-state index contributed by atoms with van der Waals surface area (Å²) in [6.45, 7) is 9.56. The number of amides is 1. The molecule has 1 amide bonds. The minimum Gasteiger partial charge on any atom is -0.444 e. The third-order valence-electron chi connectivity index (χ3n) is 2.56. The van der Waals surface area contributed by atoms with Crippen LogP contribution in [0.5, 0.6) is 0 Å². The van der Waals surface area contributed by atoms with Crippen molar-refractivity contribution in [1.82, 2.24) is 5.32 Å². The Morgan fingerprint density at radius 1 is 1.37 bits per heavy atom. The zero-order valence-electron chi connectivity index (χ0n) is 12.2. The molecule has 0 atom stereocenters. The molecule has 0 aliphatic carbocycles. The molecule has 1 aromatic rings. The molecule has 3 nitrogen and oxygen atoms in total. The van der Waals surface area contributed by atoms with E-state index in [2.05, 4.69) is 5.32 Å². The van der Waals surface area contributed by atoms with Crippen molar-refractivity contribution in [3.8, 4) is 0 Å². The van der Waals surface area contributed by atoms with E-state index in [1.165, 1.54) is 6.07 Å². The summed E-state index contributed by atoms with van der Waals surface area (Å²) >= 11 is 0. The summed E-state index contributed by atoms with van der Waals surface area (Å²) in [4.78, 5) is 11.5. The van der Waals surface area contributed by atoms with Gasteiger partial charge in [0.1, 0.15) is 11.4 Å². The van der Waals surface area contributed by atoms with E-state index in [0.29, 0.717) is 11.5 Å². The Bertz CT molecular complexity index is 450. The number of hydrogen-bond donors (Lipinski definition) is 1. The van der Waals surface area contributed by atoms with Crippen LogP contribution in [-0.2, 0) is 11.3 Å². The van der Waals surface area contributed by atoms with Gasteiger partial charge in [0, 0.05) is 12.1 Å². The zero-order valence-corrected chi connectivity index (χ0v) is 12.2. The monoisotopic (exact) mass is 267 g/mol. The lowest BCUT2D eigenvalue weighted by atomic mass is 10.0. The quantitative estimate of drug-likeness (QED) is 0.899. The molecule has 1 aromatic carbocycles. The van der Waals surface area contributed by atoms with Gasteiger partial charge in [-0.1, -0.05) is 26.0 Å². The van der Waals surface area contributed by atoms with Gasteiger partial charge < -0.3 is 10.1 Å². The lowest BCUT2D eigenvalue weighted by Crippen LogP contribution is -2.32. The van der Waals surface area contributed by atoms with Crippen molar-refractivity contribution in [1.29, 1.82) is 0 Å². The molecule has 1 N–H and O–H groups in total. The van der Waals surface area contributed by atoms with Crippen LogP contribution in [0.15, 0.2) is 18.2 Å². The van der Waals surface area contributed by atoms with Crippen LogP contribution < -0.4 is 5.32 Å². The van der Waals surface area contributed by atoms with Gasteiger partial charge in [0.25, 0.3) is 0 Å². The first kappa shape index (κ1) is 15.5. The summed E-state index contributed by atoms with van der Waals surface area (Å²) in [7, 11) is 0. The fraction of sp³-hybridized carbons (Fsp3) is 0.533. The highest BCUT2D eigenvalue weighted by Crippen LogP contribution is 2.18. The normalized spacial score (nSPS) is 11.5. The highest BCUT2D eigenvalue weighted by Gasteiger charge is 2.16. The van der Waals surface area contributed by atoms with Crippen LogP contribution in [-0.4, -0.2) is 11.7 Å². The SMILES string of the molecule is CC(C)c1ccc(F)c(CNC(=O)OC(C)(C)C)c1. The van der Waals surface area contributed by atoms with Crippen LogP contribution in [0.1, 0.15) is 51.7 Å². The molecule has 0 fully saturated rings. The molecule has 4 heteroatoms. The highest BCUT2D eigenvalue weighted by atomic mass is 19.1. The number of carbonyl (C=O) groups is 1. The van der Waals surface area contributed by atoms with Gasteiger partial charge in [-0.05, 0) is 38.3 Å². The molecule has 0 spiro atoms. The van der Waals surface area contributed by atoms with Gasteiger partial charge in [-0.3, -0.25) is 0 Å². The Morgan fingerprint density at radius 3 is 2.53 bits per heavy atom. The van der Waals surface area contributed by atoms with E-state index in [-0.39, 0.29) is 12.4 Å². The molecular formula is C15H22FNO2. The summed E-state index contributed by atoms with van der Waals surface area (Å²) in [5, 5.41) is 2.56. The van der Waals surface area contributed by atoms with E-state index in [4.69, 9.17) is 4.74 Å². The topological polar surface area (TPSA) is 38.3 Å². The van der Waals surface area contributed by atoms with Crippen molar-refractivity contribution in [3.63, 3.8) is 0 Å². The second-order valence-corrected chi connectivity index (χ2v) is 5.86. The first-order valence-corrected chi connectivity index (χ1v) is 6.44. The molecule has 0 heterocycles. The molecule has 0 bridgehead atoms. The molecule has 0 radical (unpaired) electrons. The largest absolute Gasteiger partial charge is 0.444 e. The van der Waals surface area contributed by atoms with Crippen molar-refractivity contribution < 1.29 is 13.9 Å². The molecule has 0 saturated heterocycles. The molecular weight excluding hydrogens is 245 g/mol. The number of alkyl carbamates (subject to hydrolysis) is 1. The Balaban J connectivity index is 2.67. The molecule has 0 unspecified atom stereocenters. The number of ether oxygens (including phenoxy) is 1. The number of benzene rings is 1. The van der Waals surface area contributed by atoms with Gasteiger partial charge in [-0.15, -0.1) is 0 Å². The van der Waals surface area contributed by atoms with E-state index in [1.54, 1.807) is 32.9 Å². The van der Waals surface area contributed by atoms with Crippen LogP contribution in [0.4, 0.5) is 9.18 Å². The maximum Gasteiger partial charge on any atom is 0.407 e. The Hall–Kier alpha value is -1.58. The van der Waals surface area contributed by atoms with Crippen LogP contribution in [0.2, 0.25) is 0 Å². The number of carbonyl (C=O) groups excluding carboxylic acids is 1. The average Bonchev–Trinajstić information content (AvgIpc) is 2.25. The molecule has 1 rings (SSSR count). The Kier molecular flexibility index (Phi) is 4.92. The maximum atomic E-state index is 13.6. The van der Waals surface area contributed by atoms with Crippen molar-refractivity contribution in [3.05, 3.63) is 35.1 Å². The molecule has 0 saturated carbocycles. The molecule has 0 aromatic heterocycles. The average molecular weight is 267 g/mol. The van der Waals surface area contributed by atoms with E-state index >= 15 is 0 Å². The second-order valence-electron chi connectivity index (χ2n) is 5.86. The summed E-state index contributed by atoms with van der Waals surface area (Å²) < 4.78 is 18.7. The van der Waals surface area contributed by atoms with Crippen LogP contribution in [0.25, 0.3) is 0 Å². The molecule has 19 heavy (non-hydrogen) atoms. The number of rotatable bonds is 3. The van der Waals surface area contributed by atoms with Gasteiger partial charge in [0.15, 0.2) is 0 Å². The van der Waals surface area contributed by atoms with Crippen molar-refractivity contribution in [2.24, 2.45) is 0 Å². The van der Waals surface area contributed by atoms with E-state index in [9.17, 15) is 9.18 Å². The summed E-state index contributed by atoms with van der Waals surface area (Å²) in [6.07, 6.45) is -0.540. The fourth-order valence-electron chi connectivity index (χ4n) is 1.57. The van der Waals surface area contributed by atoms with Gasteiger partial charge >= 0.3 is 6.09 Å². The van der Waals surface area contributed by atoms with E-state index in [1.807, 2.05) is 13.8 Å². The lowest BCUT2D eigenvalue weighted by Gasteiger charge is -2.20. The number of hydrogen-bond acceptors (Lipinski definition) is 2. The standard InChI is InChI=1S/C15H22FNO2/c1-10(2)11-6-7-13(16)12(8-11)9-17-14(18)19-15(3,4)5/h6-8,10H,9H2,1-5H3,(H,17,18). The van der Waals surface area contributed by atoms with E-state index in [0.717, 1.165) is 5.56 Å². The minimum atomic E-state index is -0.553. The van der Waals surface area contributed by atoms with Gasteiger partial charge in [-0.2, -0.15) is 0 Å². The molecule has 0 aliphatic rings. The predicted molar refractivity (Wildman–Crippen MR) is 73.6 cm³/mol. The Morgan fingerprint density at radius 2 is 2.00 bits per heavy atom. The predicted octanol–water partition coefficient (Wildman–Crippen LogP) is 3.97. The van der Waals surface area contributed by atoms with Crippen LogP contribution >= 0.6 is 0 Å². The lowest BCUT2D eigenvalue weighted by molar-refractivity contribution is 0.0523.